The van der Waals surface area contributed by atoms with Crippen molar-refractivity contribution in [3.8, 4) is 5.75 Å². The first kappa shape index (κ1) is 30.6. The number of nitrogens with one attached hydrogen (secondary N) is 3. The number of hydrogen-bond acceptors (Lipinski definition) is 6. The van der Waals surface area contributed by atoms with Crippen molar-refractivity contribution in [2.24, 2.45) is 0 Å². The van der Waals surface area contributed by atoms with Crippen molar-refractivity contribution in [3.05, 3.63) is 102 Å². The Kier molecular flexibility index (Phi) is 10.6. The second-order valence-electron chi connectivity index (χ2n) is 10.9. The van der Waals surface area contributed by atoms with Gasteiger partial charge in [0.25, 0.3) is 0 Å². The van der Waals surface area contributed by atoms with Crippen LogP contribution in [0.15, 0.2) is 84.9 Å². The molecule has 0 aliphatic carbocycles. The molecule has 42 heavy (non-hydrogen) atoms. The molecular formula is C33H39N3O6. The van der Waals surface area contributed by atoms with E-state index in [1.165, 1.54) is 0 Å². The van der Waals surface area contributed by atoms with Gasteiger partial charge in [-0.3, -0.25) is 9.59 Å². The number of amides is 3. The van der Waals surface area contributed by atoms with E-state index in [0.29, 0.717) is 25.2 Å². The number of hydrogen-bond donors (Lipinski definition) is 3. The maximum absolute atomic E-state index is 13.7. The van der Waals surface area contributed by atoms with E-state index in [0.717, 1.165) is 16.7 Å². The number of methoxy groups -OCH3 is 1. The maximum Gasteiger partial charge on any atom is 0.408 e. The Bertz CT molecular complexity index is 1310. The SMILES string of the molecule is COc1ccc(C[C@H](NC(=O)[C@H](C)NC(=O)OCc2ccccc2)C(=O)N[C@@H](Cc2ccccc2)C[C@@]2(C)CO2)cc1. The number of alkyl carbamates (subject to hydrolysis) is 1. The van der Waals surface area contributed by atoms with E-state index in [9.17, 15) is 14.4 Å². The summed E-state index contributed by atoms with van der Waals surface area (Å²) in [6.45, 7) is 4.29. The molecule has 1 fully saturated rings. The monoisotopic (exact) mass is 573 g/mol. The molecule has 0 unspecified atom stereocenters. The van der Waals surface area contributed by atoms with Gasteiger partial charge in [-0.2, -0.15) is 0 Å². The van der Waals surface area contributed by atoms with E-state index in [2.05, 4.69) is 16.0 Å². The normalized spacial score (nSPS) is 17.7. The summed E-state index contributed by atoms with van der Waals surface area (Å²) >= 11 is 0. The molecule has 1 heterocycles. The minimum Gasteiger partial charge on any atom is -0.497 e. The van der Waals surface area contributed by atoms with Gasteiger partial charge in [-0.1, -0.05) is 72.8 Å². The average molecular weight is 574 g/mol. The maximum atomic E-state index is 13.7. The summed E-state index contributed by atoms with van der Waals surface area (Å²) in [5.41, 5.74) is 2.49. The molecule has 0 radical (unpaired) electrons. The largest absolute Gasteiger partial charge is 0.497 e. The Labute approximate surface area is 246 Å². The van der Waals surface area contributed by atoms with Crippen LogP contribution in [0.3, 0.4) is 0 Å². The molecule has 9 nitrogen and oxygen atoms in total. The smallest absolute Gasteiger partial charge is 0.408 e. The minimum absolute atomic E-state index is 0.0783. The van der Waals surface area contributed by atoms with Gasteiger partial charge in [-0.05, 0) is 55.5 Å². The van der Waals surface area contributed by atoms with Crippen molar-refractivity contribution < 1.29 is 28.6 Å². The highest BCUT2D eigenvalue weighted by atomic mass is 16.6. The molecule has 4 rings (SSSR count). The fraction of sp³-hybridized carbons (Fsp3) is 0.364. The Balaban J connectivity index is 1.42. The summed E-state index contributed by atoms with van der Waals surface area (Å²) in [5.74, 6) is -0.128. The number of ether oxygens (including phenoxy) is 3. The molecule has 4 atom stereocenters. The van der Waals surface area contributed by atoms with E-state index in [1.807, 2.05) is 91.9 Å². The quantitative estimate of drug-likeness (QED) is 0.252. The standard InChI is InChI=1S/C33H39N3O6/c1-23(34-32(39)41-21-26-12-8-5-9-13-26)30(37)36-29(19-25-14-16-28(40-3)17-15-25)31(38)35-27(20-33(2)22-42-33)18-24-10-6-4-7-11-24/h4-17,23,27,29H,18-22H2,1-3H3,(H,34,39)(H,35,38)(H,36,37)/t23-,27-,29-,33-/m0/s1. The zero-order valence-corrected chi connectivity index (χ0v) is 24.3. The van der Waals surface area contributed by atoms with Gasteiger partial charge in [0, 0.05) is 12.5 Å². The molecule has 0 aromatic heterocycles. The first-order valence-corrected chi connectivity index (χ1v) is 14.1. The summed E-state index contributed by atoms with van der Waals surface area (Å²) in [4.78, 5) is 39.2. The van der Waals surface area contributed by atoms with Gasteiger partial charge in [0.15, 0.2) is 0 Å². The third-order valence-corrected chi connectivity index (χ3v) is 7.16. The number of rotatable bonds is 14. The van der Waals surface area contributed by atoms with Crippen LogP contribution in [0.25, 0.3) is 0 Å². The van der Waals surface area contributed by atoms with Crippen LogP contribution in [0.1, 0.15) is 37.0 Å². The van der Waals surface area contributed by atoms with Gasteiger partial charge >= 0.3 is 6.09 Å². The van der Waals surface area contributed by atoms with Crippen LogP contribution in [-0.2, 0) is 38.5 Å². The van der Waals surface area contributed by atoms with E-state index < -0.39 is 24.1 Å². The molecule has 222 valence electrons. The zero-order valence-electron chi connectivity index (χ0n) is 24.3. The Morgan fingerprint density at radius 3 is 2.00 bits per heavy atom. The third kappa shape index (κ3) is 9.62. The van der Waals surface area contributed by atoms with Crippen LogP contribution in [0, 0.1) is 0 Å². The van der Waals surface area contributed by atoms with Gasteiger partial charge in [0.05, 0.1) is 19.3 Å². The van der Waals surface area contributed by atoms with Crippen LogP contribution in [0.5, 0.6) is 5.75 Å². The lowest BCUT2D eigenvalue weighted by molar-refractivity contribution is -0.130. The predicted octanol–water partition coefficient (Wildman–Crippen LogP) is 3.94. The van der Waals surface area contributed by atoms with E-state index in [1.54, 1.807) is 14.0 Å². The second kappa shape index (κ2) is 14.5. The summed E-state index contributed by atoms with van der Waals surface area (Å²) in [6.07, 6.45) is 0.791. The molecule has 3 N–H and O–H groups in total. The van der Waals surface area contributed by atoms with Crippen LogP contribution < -0.4 is 20.7 Å². The molecule has 3 aromatic rings. The van der Waals surface area contributed by atoms with Crippen molar-refractivity contribution >= 4 is 17.9 Å². The molecule has 1 aliphatic heterocycles. The van der Waals surface area contributed by atoms with Crippen LogP contribution in [0.2, 0.25) is 0 Å². The van der Waals surface area contributed by atoms with Crippen molar-refractivity contribution in [1.29, 1.82) is 0 Å². The average Bonchev–Trinajstić information content (AvgIpc) is 3.73. The number of carbonyl (C=O) groups excluding carboxylic acids is 3. The molecular weight excluding hydrogens is 534 g/mol. The topological polar surface area (TPSA) is 118 Å². The summed E-state index contributed by atoms with van der Waals surface area (Å²) in [7, 11) is 1.59. The molecule has 3 amide bonds. The zero-order chi connectivity index (χ0) is 30.0. The van der Waals surface area contributed by atoms with Crippen molar-refractivity contribution in [1.82, 2.24) is 16.0 Å². The molecule has 0 bridgehead atoms. The lowest BCUT2D eigenvalue weighted by Gasteiger charge is -2.26. The van der Waals surface area contributed by atoms with E-state index in [4.69, 9.17) is 14.2 Å². The number of epoxide rings is 1. The van der Waals surface area contributed by atoms with Crippen LogP contribution in [0.4, 0.5) is 4.79 Å². The van der Waals surface area contributed by atoms with Gasteiger partial charge in [-0.25, -0.2) is 4.79 Å². The van der Waals surface area contributed by atoms with Crippen LogP contribution in [-0.4, -0.2) is 55.4 Å². The molecule has 0 spiro atoms. The Morgan fingerprint density at radius 2 is 1.40 bits per heavy atom. The summed E-state index contributed by atoms with van der Waals surface area (Å²) in [6, 6.07) is 24.5. The van der Waals surface area contributed by atoms with E-state index in [-0.39, 0.29) is 30.6 Å². The highest BCUT2D eigenvalue weighted by Crippen LogP contribution is 2.32. The Hall–Kier alpha value is -4.37. The van der Waals surface area contributed by atoms with Crippen molar-refractivity contribution in [2.45, 2.75) is 63.4 Å². The fourth-order valence-electron chi connectivity index (χ4n) is 4.65. The predicted molar refractivity (Wildman–Crippen MR) is 159 cm³/mol. The van der Waals surface area contributed by atoms with E-state index >= 15 is 0 Å². The highest BCUT2D eigenvalue weighted by Gasteiger charge is 2.42. The molecule has 1 saturated heterocycles. The molecule has 9 heteroatoms. The first-order valence-electron chi connectivity index (χ1n) is 14.1. The second-order valence-corrected chi connectivity index (χ2v) is 10.9. The lowest BCUT2D eigenvalue weighted by atomic mass is 9.95. The van der Waals surface area contributed by atoms with Crippen molar-refractivity contribution in [3.63, 3.8) is 0 Å². The third-order valence-electron chi connectivity index (χ3n) is 7.16. The summed E-state index contributed by atoms with van der Waals surface area (Å²) < 4.78 is 16.1. The Morgan fingerprint density at radius 1 is 0.810 bits per heavy atom. The molecule has 3 aromatic carbocycles. The minimum atomic E-state index is -0.932. The number of carbonyl (C=O) groups is 3. The van der Waals surface area contributed by atoms with Gasteiger partial charge in [0.2, 0.25) is 11.8 Å². The van der Waals surface area contributed by atoms with Gasteiger partial charge in [-0.15, -0.1) is 0 Å². The summed E-state index contributed by atoms with van der Waals surface area (Å²) in [5, 5.41) is 8.54. The fourth-order valence-corrected chi connectivity index (χ4v) is 4.65. The molecule has 0 saturated carbocycles. The van der Waals surface area contributed by atoms with Gasteiger partial charge < -0.3 is 30.2 Å². The molecule has 1 aliphatic rings. The lowest BCUT2D eigenvalue weighted by Crippen LogP contribution is -2.55. The number of benzene rings is 3. The van der Waals surface area contributed by atoms with Crippen molar-refractivity contribution in [2.75, 3.05) is 13.7 Å². The van der Waals surface area contributed by atoms with Crippen LogP contribution >= 0.6 is 0 Å². The highest BCUT2D eigenvalue weighted by molar-refractivity contribution is 5.91. The van der Waals surface area contributed by atoms with Gasteiger partial charge in [0.1, 0.15) is 24.4 Å². The first-order chi connectivity index (χ1) is 20.2.